The summed E-state index contributed by atoms with van der Waals surface area (Å²) in [6.45, 7) is 16.3. The molecule has 0 aromatic rings. The van der Waals surface area contributed by atoms with Crippen LogP contribution in [0.25, 0.3) is 0 Å². The van der Waals surface area contributed by atoms with Crippen molar-refractivity contribution in [3.63, 3.8) is 0 Å². The second-order valence-electron chi connectivity index (χ2n) is 5.96. The third kappa shape index (κ3) is 6.87. The van der Waals surface area contributed by atoms with Gasteiger partial charge in [0.05, 0.1) is 15.7 Å². The van der Waals surface area contributed by atoms with Crippen molar-refractivity contribution in [2.24, 2.45) is 11.8 Å². The molecule has 0 aromatic carbocycles. The fourth-order valence-corrected chi connectivity index (χ4v) is 2.57. The van der Waals surface area contributed by atoms with Crippen LogP contribution in [0.15, 0.2) is 0 Å². The van der Waals surface area contributed by atoms with Gasteiger partial charge >= 0.3 is 0 Å². The van der Waals surface area contributed by atoms with Crippen molar-refractivity contribution in [3.05, 3.63) is 26.7 Å². The maximum absolute atomic E-state index is 5.56. The fourth-order valence-electron chi connectivity index (χ4n) is 2.57. The topological polar surface area (TPSA) is 18.5 Å². The summed E-state index contributed by atoms with van der Waals surface area (Å²) >= 11 is 0. The summed E-state index contributed by atoms with van der Waals surface area (Å²) in [7, 11) is 11.1. The van der Waals surface area contributed by atoms with Crippen LogP contribution in [-0.4, -0.2) is 38.9 Å². The Labute approximate surface area is 191 Å². The van der Waals surface area contributed by atoms with Crippen LogP contribution in [0, 0.1) is 38.5 Å². The van der Waals surface area contributed by atoms with Crippen molar-refractivity contribution in [2.45, 2.75) is 63.7 Å². The molecule has 6 heteroatoms. The van der Waals surface area contributed by atoms with Crippen LogP contribution in [0.2, 0.25) is 0 Å². The van der Waals surface area contributed by atoms with Crippen LogP contribution in [0.1, 0.15) is 40.5 Å². The Morgan fingerprint density at radius 3 is 1.23 bits per heavy atom. The molecule has 0 aromatic heterocycles. The average molecular weight is 450 g/mol. The minimum absolute atomic E-state index is 0. The molecule has 6 radical (unpaired) electrons. The summed E-state index contributed by atoms with van der Waals surface area (Å²) in [5, 5.41) is 0. The first-order valence-corrected chi connectivity index (χ1v) is 7.44. The molecule has 22 heavy (non-hydrogen) atoms. The van der Waals surface area contributed by atoms with Gasteiger partial charge < -0.3 is 36.2 Å². The third-order valence-corrected chi connectivity index (χ3v) is 4.55. The molecule has 2 rings (SSSR count). The molecule has 3 unspecified atom stereocenters. The van der Waals surface area contributed by atoms with Crippen molar-refractivity contribution in [1.29, 1.82) is 0 Å². The van der Waals surface area contributed by atoms with Crippen LogP contribution >= 0.6 is 0 Å². The van der Waals surface area contributed by atoms with Gasteiger partial charge in [0.2, 0.25) is 0 Å². The maximum Gasteiger partial charge on any atom is 0.0623 e. The van der Waals surface area contributed by atoms with E-state index in [4.69, 9.17) is 25.2 Å². The van der Waals surface area contributed by atoms with Gasteiger partial charge in [0.15, 0.2) is 0 Å². The van der Waals surface area contributed by atoms with E-state index in [0.717, 1.165) is 12.8 Å². The normalized spacial score (nSPS) is 43.5. The standard InChI is InChI=1S/2C8H13BO.2Y/c2*1-4-8(3)6(2)5-7(9)10-8;;/h2*5-7H,3-4H2,1-2H3;;/q2*-2;;/t6?,7-,8?;6-,7+,8?;;/m10../s1. The van der Waals surface area contributed by atoms with E-state index in [9.17, 15) is 0 Å². The van der Waals surface area contributed by atoms with Gasteiger partial charge in [-0.05, 0) is 0 Å². The molecule has 0 saturated carbocycles. The van der Waals surface area contributed by atoms with Gasteiger partial charge in [-0.3, -0.25) is 0 Å². The zero-order valence-corrected chi connectivity index (χ0v) is 20.1. The third-order valence-electron chi connectivity index (χ3n) is 4.55. The van der Waals surface area contributed by atoms with Gasteiger partial charge in [-0.15, -0.1) is 12.0 Å². The van der Waals surface area contributed by atoms with Crippen molar-refractivity contribution in [3.8, 4) is 0 Å². The summed E-state index contributed by atoms with van der Waals surface area (Å²) in [6, 6.07) is -0.431. The number of rotatable bonds is 2. The number of ether oxygens (including phenoxy) is 2. The van der Waals surface area contributed by atoms with E-state index in [2.05, 4.69) is 41.5 Å². The Bertz CT molecular complexity index is 293. The molecule has 2 fully saturated rings. The second-order valence-corrected chi connectivity index (χ2v) is 5.96. The minimum Gasteiger partial charge on any atom is -0.446 e. The fraction of sp³-hybridized carbons (Fsp3) is 0.750. The van der Waals surface area contributed by atoms with E-state index >= 15 is 0 Å². The molecule has 0 amide bonds. The van der Waals surface area contributed by atoms with Gasteiger partial charge in [0, 0.05) is 65.4 Å². The Morgan fingerprint density at radius 1 is 0.864 bits per heavy atom. The number of hydrogen-bond acceptors (Lipinski definition) is 2. The van der Waals surface area contributed by atoms with E-state index in [1.807, 2.05) is 12.8 Å². The SMILES string of the molecule is [B][C@H]1[CH-]C(C)C([CH2-])(CC)O1.[B][C@H]1[CH-][C@H](C)C([CH2-])(CC)O1.[Y].[Y]. The van der Waals surface area contributed by atoms with Crippen LogP contribution < -0.4 is 0 Å². The average Bonchev–Trinajstić information content (AvgIpc) is 2.78. The van der Waals surface area contributed by atoms with Crippen molar-refractivity contribution >= 4 is 15.7 Å². The van der Waals surface area contributed by atoms with Crippen molar-refractivity contribution in [2.75, 3.05) is 0 Å². The van der Waals surface area contributed by atoms with Crippen LogP contribution in [-0.2, 0) is 74.9 Å². The second kappa shape index (κ2) is 11.1. The van der Waals surface area contributed by atoms with E-state index < -0.39 is 0 Å². The summed E-state index contributed by atoms with van der Waals surface area (Å²) < 4.78 is 10.8. The molecule has 118 valence electrons. The Balaban J connectivity index is 0. The van der Waals surface area contributed by atoms with Gasteiger partial charge in [-0.1, -0.05) is 51.7 Å². The molecular weight excluding hydrogens is 424 g/mol. The van der Waals surface area contributed by atoms with Crippen LogP contribution in [0.3, 0.4) is 0 Å². The van der Waals surface area contributed by atoms with E-state index in [1.54, 1.807) is 0 Å². The summed E-state index contributed by atoms with van der Waals surface area (Å²) in [5.74, 6) is 0.736. The largest absolute Gasteiger partial charge is 0.446 e. The molecule has 0 aliphatic carbocycles. The molecule has 2 aliphatic rings. The minimum atomic E-state index is -0.264. The van der Waals surface area contributed by atoms with Crippen molar-refractivity contribution < 1.29 is 74.9 Å². The first-order valence-electron chi connectivity index (χ1n) is 7.44. The van der Waals surface area contributed by atoms with E-state index in [-0.39, 0.29) is 88.6 Å². The Morgan fingerprint density at radius 2 is 1.14 bits per heavy atom. The molecule has 0 bridgehead atoms. The first kappa shape index (κ1) is 26.5. The predicted octanol–water partition coefficient (Wildman–Crippen LogP) is 2.66. The molecule has 2 nitrogen and oxygen atoms in total. The summed E-state index contributed by atoms with van der Waals surface area (Å²) in [5.41, 5.74) is -0.529. The molecule has 0 N–H and O–H groups in total. The monoisotopic (exact) mass is 450 g/mol. The van der Waals surface area contributed by atoms with E-state index in [0.29, 0.717) is 11.8 Å². The summed E-state index contributed by atoms with van der Waals surface area (Å²) in [6.07, 6.45) is 5.82. The predicted molar refractivity (Wildman–Crippen MR) is 84.9 cm³/mol. The van der Waals surface area contributed by atoms with Gasteiger partial charge in [-0.2, -0.15) is 11.8 Å². The zero-order valence-electron chi connectivity index (χ0n) is 14.4. The van der Waals surface area contributed by atoms with E-state index in [1.165, 1.54) is 0 Å². The molecule has 2 aliphatic heterocycles. The van der Waals surface area contributed by atoms with Gasteiger partial charge in [0.1, 0.15) is 0 Å². The zero-order chi connectivity index (χ0) is 15.6. The smallest absolute Gasteiger partial charge is 0.0623 e. The van der Waals surface area contributed by atoms with Crippen LogP contribution in [0.5, 0.6) is 0 Å². The first-order chi connectivity index (χ1) is 9.16. The Kier molecular flexibility index (Phi) is 13.3. The van der Waals surface area contributed by atoms with Gasteiger partial charge in [-0.25, -0.2) is 0 Å². The molecule has 2 saturated heterocycles. The van der Waals surface area contributed by atoms with Crippen molar-refractivity contribution in [1.82, 2.24) is 0 Å². The van der Waals surface area contributed by atoms with Crippen LogP contribution in [0.4, 0.5) is 0 Å². The molecule has 2 heterocycles. The quantitative estimate of drug-likeness (QED) is 0.477. The maximum atomic E-state index is 5.56. The summed E-state index contributed by atoms with van der Waals surface area (Å²) in [4.78, 5) is 0. The Hall–Kier alpha value is 2.26. The number of hydrogen-bond donors (Lipinski definition) is 0. The molecule has 6 atom stereocenters. The molecule has 0 spiro atoms. The van der Waals surface area contributed by atoms with Gasteiger partial charge in [0.25, 0.3) is 0 Å². The molecular formula is C16H26B2O2Y2-4.